The summed E-state index contributed by atoms with van der Waals surface area (Å²) in [6.45, 7) is 2.59. The van der Waals surface area contributed by atoms with Gasteiger partial charge in [-0.15, -0.1) is 0 Å². The Hall–Kier alpha value is -1.81. The number of nitrogens with zero attached hydrogens (tertiary/aromatic N) is 2. The van der Waals surface area contributed by atoms with Crippen LogP contribution in [0.3, 0.4) is 0 Å². The highest BCUT2D eigenvalue weighted by Crippen LogP contribution is 2.16. The molecule has 0 amide bonds. The summed E-state index contributed by atoms with van der Waals surface area (Å²) in [7, 11) is 0. The molecule has 1 aliphatic heterocycles. The molecule has 1 saturated heterocycles. The lowest BCUT2D eigenvalue weighted by atomic mass is 10.2. The van der Waals surface area contributed by atoms with Crippen molar-refractivity contribution in [1.82, 2.24) is 15.1 Å². The van der Waals surface area contributed by atoms with E-state index < -0.39 is 0 Å². The maximum absolute atomic E-state index is 5.69. The fraction of sp³-hybridized carbons (Fsp3) is 0.308. The van der Waals surface area contributed by atoms with E-state index in [4.69, 9.17) is 4.74 Å². The number of aromatic nitrogens is 2. The van der Waals surface area contributed by atoms with Crippen LogP contribution in [0.15, 0.2) is 42.7 Å². The van der Waals surface area contributed by atoms with Crippen molar-refractivity contribution in [2.45, 2.75) is 12.6 Å². The Kier molecular flexibility index (Phi) is 2.80. The van der Waals surface area contributed by atoms with E-state index in [-0.39, 0.29) is 0 Å². The molecule has 1 N–H and O–H groups in total. The van der Waals surface area contributed by atoms with Crippen LogP contribution in [0.2, 0.25) is 0 Å². The van der Waals surface area contributed by atoms with E-state index in [0.29, 0.717) is 12.6 Å². The quantitative estimate of drug-likeness (QED) is 0.865. The highest BCUT2D eigenvalue weighted by atomic mass is 16.5. The molecule has 1 aliphatic rings. The van der Waals surface area contributed by atoms with Crippen LogP contribution in [-0.2, 0) is 6.61 Å². The minimum atomic E-state index is 0.490. The van der Waals surface area contributed by atoms with E-state index in [1.807, 2.05) is 29.1 Å². The average molecular weight is 229 g/mol. The molecule has 0 radical (unpaired) electrons. The molecule has 4 heteroatoms. The van der Waals surface area contributed by atoms with E-state index in [2.05, 4.69) is 22.5 Å². The minimum absolute atomic E-state index is 0.490. The van der Waals surface area contributed by atoms with Gasteiger partial charge in [-0.05, 0) is 5.56 Å². The molecular weight excluding hydrogens is 214 g/mol. The molecule has 17 heavy (non-hydrogen) atoms. The predicted octanol–water partition coefficient (Wildman–Crippen LogP) is 1.61. The molecular formula is C13H15N3O. The monoisotopic (exact) mass is 229 g/mol. The maximum Gasteiger partial charge on any atom is 0.157 e. The second-order valence-corrected chi connectivity index (χ2v) is 4.24. The van der Waals surface area contributed by atoms with E-state index in [1.165, 1.54) is 5.56 Å². The summed E-state index contributed by atoms with van der Waals surface area (Å²) in [5.41, 5.74) is 1.17. The van der Waals surface area contributed by atoms with Gasteiger partial charge < -0.3 is 10.1 Å². The van der Waals surface area contributed by atoms with Crippen LogP contribution in [0, 0.1) is 0 Å². The van der Waals surface area contributed by atoms with Crippen molar-refractivity contribution in [1.29, 1.82) is 0 Å². The van der Waals surface area contributed by atoms with Crippen LogP contribution >= 0.6 is 0 Å². The van der Waals surface area contributed by atoms with Crippen LogP contribution in [0.5, 0.6) is 5.75 Å². The van der Waals surface area contributed by atoms with Gasteiger partial charge in [0, 0.05) is 13.1 Å². The molecule has 1 aromatic heterocycles. The summed E-state index contributed by atoms with van der Waals surface area (Å²) < 4.78 is 7.66. The molecule has 2 aromatic rings. The number of nitrogens with one attached hydrogen (secondary N) is 1. The van der Waals surface area contributed by atoms with Gasteiger partial charge in [0.1, 0.15) is 6.61 Å². The Morgan fingerprint density at radius 2 is 2.12 bits per heavy atom. The van der Waals surface area contributed by atoms with Gasteiger partial charge in [-0.3, -0.25) is 4.68 Å². The molecule has 4 nitrogen and oxygen atoms in total. The SMILES string of the molecule is c1ccc(COc2cnn(C3CNC3)c2)cc1. The zero-order valence-electron chi connectivity index (χ0n) is 9.54. The first-order valence-corrected chi connectivity index (χ1v) is 5.83. The summed E-state index contributed by atoms with van der Waals surface area (Å²) in [4.78, 5) is 0. The second-order valence-electron chi connectivity index (χ2n) is 4.24. The van der Waals surface area contributed by atoms with Crippen molar-refractivity contribution in [2.75, 3.05) is 13.1 Å². The summed E-state index contributed by atoms with van der Waals surface area (Å²) in [5, 5.41) is 7.53. The van der Waals surface area contributed by atoms with E-state index in [1.54, 1.807) is 6.20 Å². The van der Waals surface area contributed by atoms with Crippen molar-refractivity contribution in [2.24, 2.45) is 0 Å². The molecule has 0 aliphatic carbocycles. The van der Waals surface area contributed by atoms with Gasteiger partial charge in [0.25, 0.3) is 0 Å². The van der Waals surface area contributed by atoms with Crippen LogP contribution in [0.4, 0.5) is 0 Å². The maximum atomic E-state index is 5.69. The largest absolute Gasteiger partial charge is 0.486 e. The average Bonchev–Trinajstić information content (AvgIpc) is 2.74. The third kappa shape index (κ3) is 2.31. The van der Waals surface area contributed by atoms with Gasteiger partial charge in [0.15, 0.2) is 5.75 Å². The zero-order chi connectivity index (χ0) is 11.5. The minimum Gasteiger partial charge on any atom is -0.486 e. The normalized spacial score (nSPS) is 15.5. The molecule has 1 aromatic carbocycles. The van der Waals surface area contributed by atoms with Gasteiger partial charge >= 0.3 is 0 Å². The Balaban J connectivity index is 1.60. The molecule has 0 unspecified atom stereocenters. The van der Waals surface area contributed by atoms with Gasteiger partial charge in [-0.25, -0.2) is 0 Å². The fourth-order valence-corrected chi connectivity index (χ4v) is 1.80. The number of rotatable bonds is 4. The van der Waals surface area contributed by atoms with Gasteiger partial charge in [-0.1, -0.05) is 30.3 Å². The van der Waals surface area contributed by atoms with Gasteiger partial charge in [-0.2, -0.15) is 5.10 Å². The van der Waals surface area contributed by atoms with E-state index in [9.17, 15) is 0 Å². The Labute approximate surface area is 100 Å². The first kappa shape index (κ1) is 10.4. The molecule has 2 heterocycles. The first-order chi connectivity index (χ1) is 8.42. The van der Waals surface area contributed by atoms with Crippen LogP contribution < -0.4 is 10.1 Å². The van der Waals surface area contributed by atoms with Crippen molar-refractivity contribution in [3.63, 3.8) is 0 Å². The van der Waals surface area contributed by atoms with Crippen LogP contribution in [0.25, 0.3) is 0 Å². The lowest BCUT2D eigenvalue weighted by molar-refractivity contribution is 0.298. The van der Waals surface area contributed by atoms with Crippen molar-refractivity contribution >= 4 is 0 Å². The lowest BCUT2D eigenvalue weighted by Crippen LogP contribution is -2.43. The van der Waals surface area contributed by atoms with E-state index in [0.717, 1.165) is 18.8 Å². The highest BCUT2D eigenvalue weighted by molar-refractivity contribution is 5.17. The number of benzene rings is 1. The third-order valence-corrected chi connectivity index (χ3v) is 2.96. The van der Waals surface area contributed by atoms with Crippen LogP contribution in [0.1, 0.15) is 11.6 Å². The fourth-order valence-electron chi connectivity index (χ4n) is 1.80. The Bertz CT molecular complexity index is 476. The smallest absolute Gasteiger partial charge is 0.157 e. The van der Waals surface area contributed by atoms with Gasteiger partial charge in [0.05, 0.1) is 18.4 Å². The number of hydrogen-bond acceptors (Lipinski definition) is 3. The van der Waals surface area contributed by atoms with Crippen LogP contribution in [-0.4, -0.2) is 22.9 Å². The standard InChI is InChI=1S/C13H15N3O/c1-2-4-11(5-3-1)10-17-13-8-15-16(9-13)12-6-14-7-12/h1-5,8-9,12,14H,6-7,10H2. The van der Waals surface area contributed by atoms with Crippen molar-refractivity contribution in [3.05, 3.63) is 48.3 Å². The molecule has 3 rings (SSSR count). The summed E-state index contributed by atoms with van der Waals surface area (Å²) in [5.74, 6) is 0.834. The number of hydrogen-bond donors (Lipinski definition) is 1. The Morgan fingerprint density at radius 3 is 2.82 bits per heavy atom. The molecule has 1 fully saturated rings. The second kappa shape index (κ2) is 4.59. The summed E-state index contributed by atoms with van der Waals surface area (Å²) in [6.07, 6.45) is 3.75. The highest BCUT2D eigenvalue weighted by Gasteiger charge is 2.19. The predicted molar refractivity (Wildman–Crippen MR) is 64.9 cm³/mol. The third-order valence-electron chi connectivity index (χ3n) is 2.96. The lowest BCUT2D eigenvalue weighted by Gasteiger charge is -2.26. The molecule has 0 bridgehead atoms. The van der Waals surface area contributed by atoms with Crippen molar-refractivity contribution < 1.29 is 4.74 Å². The number of ether oxygens (including phenoxy) is 1. The summed E-state index contributed by atoms with van der Waals surface area (Å²) in [6, 6.07) is 10.6. The molecule has 0 spiro atoms. The first-order valence-electron chi connectivity index (χ1n) is 5.83. The Morgan fingerprint density at radius 1 is 1.29 bits per heavy atom. The van der Waals surface area contributed by atoms with E-state index >= 15 is 0 Å². The molecule has 88 valence electrons. The molecule has 0 saturated carbocycles. The van der Waals surface area contributed by atoms with Gasteiger partial charge in [0.2, 0.25) is 0 Å². The summed E-state index contributed by atoms with van der Waals surface area (Å²) >= 11 is 0. The zero-order valence-corrected chi connectivity index (χ0v) is 9.54. The van der Waals surface area contributed by atoms with Crippen molar-refractivity contribution in [3.8, 4) is 5.75 Å². The topological polar surface area (TPSA) is 39.1 Å². The molecule has 0 atom stereocenters.